The van der Waals surface area contributed by atoms with Crippen molar-refractivity contribution in [2.24, 2.45) is 0 Å². The van der Waals surface area contributed by atoms with E-state index in [1.54, 1.807) is 6.07 Å². The van der Waals surface area contributed by atoms with Gasteiger partial charge in [-0.1, -0.05) is 15.9 Å². The quantitative estimate of drug-likeness (QED) is 0.577. The van der Waals surface area contributed by atoms with Crippen LogP contribution in [0.5, 0.6) is 0 Å². The summed E-state index contributed by atoms with van der Waals surface area (Å²) in [6.07, 6.45) is 0. The van der Waals surface area contributed by atoms with Gasteiger partial charge in [0, 0.05) is 13.6 Å². The third-order valence-corrected chi connectivity index (χ3v) is 2.84. The van der Waals surface area contributed by atoms with E-state index >= 15 is 0 Å². The average Bonchev–Trinajstić information content (AvgIpc) is 2.01. The molecule has 2 nitrogen and oxygen atoms in total. The molecule has 4 heteroatoms. The van der Waals surface area contributed by atoms with Crippen LogP contribution in [0, 0.1) is 14.9 Å². The number of ketones is 1. The third kappa shape index (κ3) is 2.29. The van der Waals surface area contributed by atoms with Gasteiger partial charge < -0.3 is 0 Å². The maximum Gasteiger partial charge on any atom is 0.162 e. The zero-order valence-corrected chi connectivity index (χ0v) is 10.5. The monoisotopic (exact) mass is 349 g/mol. The minimum Gasteiger partial charge on any atom is -0.294 e. The van der Waals surface area contributed by atoms with E-state index in [4.69, 9.17) is 5.26 Å². The maximum absolute atomic E-state index is 11.2. The van der Waals surface area contributed by atoms with Crippen LogP contribution in [0.15, 0.2) is 16.6 Å². The summed E-state index contributed by atoms with van der Waals surface area (Å²) in [6, 6.07) is 5.47. The fourth-order valence-corrected chi connectivity index (χ4v) is 2.91. The largest absolute Gasteiger partial charge is 0.294 e. The highest BCUT2D eigenvalue weighted by molar-refractivity contribution is 14.1. The lowest BCUT2D eigenvalue weighted by atomic mass is 10.1. The smallest absolute Gasteiger partial charge is 0.162 e. The molecular formula is C9H5BrINO. The first-order chi connectivity index (χ1) is 6.06. The summed E-state index contributed by atoms with van der Waals surface area (Å²) in [5, 5.41) is 8.79. The first kappa shape index (κ1) is 10.7. The Morgan fingerprint density at radius 3 is 2.69 bits per heavy atom. The van der Waals surface area contributed by atoms with E-state index in [9.17, 15) is 4.79 Å². The van der Waals surface area contributed by atoms with Crippen LogP contribution in [0.1, 0.15) is 22.8 Å². The number of nitriles is 1. The van der Waals surface area contributed by atoms with Gasteiger partial charge in [0.25, 0.3) is 0 Å². The van der Waals surface area contributed by atoms with E-state index in [2.05, 4.69) is 15.9 Å². The Morgan fingerprint density at radius 2 is 2.23 bits per heavy atom. The van der Waals surface area contributed by atoms with Crippen LogP contribution >= 0.6 is 38.5 Å². The van der Waals surface area contributed by atoms with E-state index < -0.39 is 0 Å². The number of halogens is 2. The summed E-state index contributed by atoms with van der Waals surface area (Å²) in [4.78, 5) is 11.2. The molecule has 0 spiro atoms. The van der Waals surface area contributed by atoms with Gasteiger partial charge in [0.2, 0.25) is 0 Å². The van der Waals surface area contributed by atoms with Crippen LogP contribution in [0.2, 0.25) is 0 Å². The highest BCUT2D eigenvalue weighted by Crippen LogP contribution is 2.22. The van der Waals surface area contributed by atoms with Crippen molar-refractivity contribution in [2.45, 2.75) is 6.92 Å². The Balaban J connectivity index is 3.50. The molecule has 0 aliphatic carbocycles. The predicted molar refractivity (Wildman–Crippen MR) is 61.6 cm³/mol. The lowest BCUT2D eigenvalue weighted by molar-refractivity contribution is 0.101. The summed E-state index contributed by atoms with van der Waals surface area (Å²) in [6.45, 7) is 1.46. The molecule has 0 radical (unpaired) electrons. The highest BCUT2D eigenvalue weighted by Gasteiger charge is 2.11. The molecule has 0 aromatic heterocycles. The summed E-state index contributed by atoms with van der Waals surface area (Å²) >= 11 is 5.32. The predicted octanol–water partition coefficient (Wildman–Crippen LogP) is 3.13. The fraction of sp³-hybridized carbons (Fsp3) is 0.111. The second kappa shape index (κ2) is 4.20. The fourth-order valence-electron chi connectivity index (χ4n) is 1.02. The molecule has 0 saturated carbocycles. The lowest BCUT2D eigenvalue weighted by Gasteiger charge is -2.03. The lowest BCUT2D eigenvalue weighted by Crippen LogP contribution is -2.00. The number of hydrogen-bond acceptors (Lipinski definition) is 2. The van der Waals surface area contributed by atoms with Crippen LogP contribution in [-0.4, -0.2) is 5.78 Å². The summed E-state index contributed by atoms with van der Waals surface area (Å²) in [5.74, 6) is -0.0755. The van der Waals surface area contributed by atoms with Crippen LogP contribution in [0.4, 0.5) is 0 Å². The number of rotatable bonds is 1. The Labute approximate surface area is 98.2 Å². The number of Topliss-reactive ketones (excluding diaryl/α,β-unsaturated/α-hetero) is 1. The number of carbonyl (C=O) groups excluding carboxylic acids is 1. The van der Waals surface area contributed by atoms with E-state index in [1.807, 2.05) is 34.7 Å². The second-order valence-corrected chi connectivity index (χ2v) is 4.56. The number of carbonyl (C=O) groups is 1. The molecule has 13 heavy (non-hydrogen) atoms. The zero-order chi connectivity index (χ0) is 10.0. The zero-order valence-electron chi connectivity index (χ0n) is 6.77. The number of hydrogen-bond donors (Lipinski definition) is 0. The van der Waals surface area contributed by atoms with Gasteiger partial charge in [-0.3, -0.25) is 4.79 Å². The molecule has 0 N–H and O–H groups in total. The molecule has 1 aromatic rings. The first-order valence-electron chi connectivity index (χ1n) is 3.46. The average molecular weight is 350 g/mol. The Hall–Kier alpha value is -0.410. The Kier molecular flexibility index (Phi) is 3.45. The van der Waals surface area contributed by atoms with Gasteiger partial charge >= 0.3 is 0 Å². The van der Waals surface area contributed by atoms with Gasteiger partial charge in [0.15, 0.2) is 5.78 Å². The van der Waals surface area contributed by atoms with Crippen LogP contribution < -0.4 is 0 Å². The number of nitrogens with zero attached hydrogens (tertiary/aromatic N) is 1. The van der Waals surface area contributed by atoms with Crippen molar-refractivity contribution < 1.29 is 4.79 Å². The standard InChI is InChI=1S/C9H5BrINO/c1-5(13)9-6(4-12)2-7(10)3-8(9)11/h2-3H,1H3. The molecule has 0 saturated heterocycles. The normalized spacial score (nSPS) is 9.38. The molecule has 0 aliphatic rings. The van der Waals surface area contributed by atoms with Gasteiger partial charge in [-0.15, -0.1) is 0 Å². The summed E-state index contributed by atoms with van der Waals surface area (Å²) in [5.41, 5.74) is 0.928. The SMILES string of the molecule is CC(=O)c1c(I)cc(Br)cc1C#N. The Morgan fingerprint density at radius 1 is 1.62 bits per heavy atom. The second-order valence-electron chi connectivity index (χ2n) is 2.48. The van der Waals surface area contributed by atoms with Crippen molar-refractivity contribution in [3.8, 4) is 6.07 Å². The maximum atomic E-state index is 11.2. The van der Waals surface area contributed by atoms with Crippen molar-refractivity contribution in [1.29, 1.82) is 5.26 Å². The molecule has 66 valence electrons. The molecular weight excluding hydrogens is 345 g/mol. The van der Waals surface area contributed by atoms with Crippen LogP contribution in [0.25, 0.3) is 0 Å². The molecule has 0 amide bonds. The van der Waals surface area contributed by atoms with Crippen LogP contribution in [0.3, 0.4) is 0 Å². The molecule has 1 rings (SSSR count). The van der Waals surface area contributed by atoms with Gasteiger partial charge in [0.05, 0.1) is 11.6 Å². The van der Waals surface area contributed by atoms with E-state index in [1.165, 1.54) is 6.92 Å². The molecule has 0 aliphatic heterocycles. The molecule has 0 atom stereocenters. The first-order valence-corrected chi connectivity index (χ1v) is 5.33. The van der Waals surface area contributed by atoms with Crippen molar-refractivity contribution in [3.05, 3.63) is 31.3 Å². The van der Waals surface area contributed by atoms with E-state index in [0.717, 1.165) is 8.04 Å². The van der Waals surface area contributed by atoms with Gasteiger partial charge in [0.1, 0.15) is 0 Å². The van der Waals surface area contributed by atoms with Crippen molar-refractivity contribution in [1.82, 2.24) is 0 Å². The topological polar surface area (TPSA) is 40.9 Å². The Bertz CT molecular complexity index is 409. The summed E-state index contributed by atoms with van der Waals surface area (Å²) < 4.78 is 1.62. The van der Waals surface area contributed by atoms with E-state index in [-0.39, 0.29) is 5.78 Å². The minimum atomic E-state index is -0.0755. The third-order valence-electron chi connectivity index (χ3n) is 1.53. The molecule has 0 unspecified atom stereocenters. The molecule has 0 heterocycles. The van der Waals surface area contributed by atoms with Gasteiger partial charge in [-0.2, -0.15) is 5.26 Å². The highest BCUT2D eigenvalue weighted by atomic mass is 127. The van der Waals surface area contributed by atoms with Gasteiger partial charge in [-0.25, -0.2) is 0 Å². The van der Waals surface area contributed by atoms with Crippen LogP contribution in [-0.2, 0) is 0 Å². The molecule has 0 fully saturated rings. The minimum absolute atomic E-state index is 0.0755. The number of benzene rings is 1. The van der Waals surface area contributed by atoms with Crippen molar-refractivity contribution in [3.63, 3.8) is 0 Å². The molecule has 1 aromatic carbocycles. The summed E-state index contributed by atoms with van der Waals surface area (Å²) in [7, 11) is 0. The van der Waals surface area contributed by atoms with E-state index in [0.29, 0.717) is 11.1 Å². The molecule has 0 bridgehead atoms. The van der Waals surface area contributed by atoms with Gasteiger partial charge in [-0.05, 0) is 41.6 Å². The van der Waals surface area contributed by atoms with Crippen molar-refractivity contribution >= 4 is 44.3 Å². The van der Waals surface area contributed by atoms with Crippen molar-refractivity contribution in [2.75, 3.05) is 0 Å².